The molecular formula is C12H13BrO4. The number of halogens is 1. The SMILES string of the molecule is CC(Cc1c(Br)ccc2c1COCO2)C(=O)O. The van der Waals surface area contributed by atoms with Crippen LogP contribution >= 0.6 is 15.9 Å². The largest absolute Gasteiger partial charge is 0.481 e. The van der Waals surface area contributed by atoms with Crippen LogP contribution < -0.4 is 4.74 Å². The lowest BCUT2D eigenvalue weighted by Crippen LogP contribution is -2.17. The third-order valence-corrected chi connectivity index (χ3v) is 3.55. The van der Waals surface area contributed by atoms with E-state index in [1.165, 1.54) is 0 Å². The van der Waals surface area contributed by atoms with E-state index in [0.717, 1.165) is 21.3 Å². The van der Waals surface area contributed by atoms with Crippen molar-refractivity contribution in [2.75, 3.05) is 6.79 Å². The summed E-state index contributed by atoms with van der Waals surface area (Å²) in [4.78, 5) is 10.9. The molecule has 2 rings (SSSR count). The van der Waals surface area contributed by atoms with Gasteiger partial charge in [0, 0.05) is 10.0 Å². The van der Waals surface area contributed by atoms with E-state index in [1.807, 2.05) is 12.1 Å². The predicted octanol–water partition coefficient (Wildman–Crippen LogP) is 2.58. The maximum Gasteiger partial charge on any atom is 0.306 e. The maximum absolute atomic E-state index is 10.9. The van der Waals surface area contributed by atoms with Crippen molar-refractivity contribution in [2.45, 2.75) is 20.0 Å². The molecule has 0 aromatic heterocycles. The van der Waals surface area contributed by atoms with E-state index in [1.54, 1.807) is 6.92 Å². The Morgan fingerprint density at radius 2 is 2.35 bits per heavy atom. The van der Waals surface area contributed by atoms with Crippen LogP contribution in [0.15, 0.2) is 16.6 Å². The second-order valence-electron chi connectivity index (χ2n) is 4.06. The molecular weight excluding hydrogens is 288 g/mol. The fourth-order valence-electron chi connectivity index (χ4n) is 1.80. The molecule has 1 aliphatic heterocycles. The van der Waals surface area contributed by atoms with Gasteiger partial charge in [-0.15, -0.1) is 0 Å². The fourth-order valence-corrected chi connectivity index (χ4v) is 2.33. The molecule has 0 fully saturated rings. The first-order valence-electron chi connectivity index (χ1n) is 5.33. The van der Waals surface area contributed by atoms with Crippen LogP contribution in [0, 0.1) is 5.92 Å². The third-order valence-electron chi connectivity index (χ3n) is 2.81. The first kappa shape index (κ1) is 12.4. The molecule has 1 unspecified atom stereocenters. The van der Waals surface area contributed by atoms with Crippen molar-refractivity contribution < 1.29 is 19.4 Å². The summed E-state index contributed by atoms with van der Waals surface area (Å²) >= 11 is 3.45. The highest BCUT2D eigenvalue weighted by molar-refractivity contribution is 9.10. The van der Waals surface area contributed by atoms with Crippen LogP contribution in [-0.4, -0.2) is 17.9 Å². The van der Waals surface area contributed by atoms with Gasteiger partial charge in [-0.05, 0) is 24.1 Å². The van der Waals surface area contributed by atoms with E-state index in [-0.39, 0.29) is 6.79 Å². The average Bonchev–Trinajstić information content (AvgIpc) is 2.32. The van der Waals surface area contributed by atoms with E-state index < -0.39 is 11.9 Å². The highest BCUT2D eigenvalue weighted by Crippen LogP contribution is 2.33. The molecule has 1 aromatic carbocycles. The molecule has 1 heterocycles. The van der Waals surface area contributed by atoms with Gasteiger partial charge >= 0.3 is 5.97 Å². The summed E-state index contributed by atoms with van der Waals surface area (Å²) in [7, 11) is 0. The standard InChI is InChI=1S/C12H13BrO4/c1-7(12(14)15)4-8-9-5-16-6-17-11(9)3-2-10(8)13/h2-3,7H,4-6H2,1H3,(H,14,15). The van der Waals surface area contributed by atoms with Gasteiger partial charge in [-0.2, -0.15) is 0 Å². The third kappa shape index (κ3) is 2.61. The summed E-state index contributed by atoms with van der Waals surface area (Å²) in [5.74, 6) is -0.445. The Balaban J connectivity index is 2.34. The van der Waals surface area contributed by atoms with Gasteiger partial charge in [-0.1, -0.05) is 22.9 Å². The van der Waals surface area contributed by atoms with E-state index >= 15 is 0 Å². The number of carboxylic acid groups (broad SMARTS) is 1. The minimum Gasteiger partial charge on any atom is -0.481 e. The summed E-state index contributed by atoms with van der Waals surface area (Å²) in [6.07, 6.45) is 0.464. The molecule has 1 aliphatic rings. The van der Waals surface area contributed by atoms with Crippen molar-refractivity contribution in [3.63, 3.8) is 0 Å². The van der Waals surface area contributed by atoms with Crippen LogP contribution in [0.1, 0.15) is 18.1 Å². The minimum absolute atomic E-state index is 0.253. The van der Waals surface area contributed by atoms with Crippen molar-refractivity contribution in [1.82, 2.24) is 0 Å². The minimum atomic E-state index is -0.799. The van der Waals surface area contributed by atoms with Gasteiger partial charge in [0.1, 0.15) is 5.75 Å². The lowest BCUT2D eigenvalue weighted by molar-refractivity contribution is -0.141. The lowest BCUT2D eigenvalue weighted by atomic mass is 9.96. The van der Waals surface area contributed by atoms with E-state index in [9.17, 15) is 4.79 Å². The molecule has 0 spiro atoms. The fraction of sp³-hybridized carbons (Fsp3) is 0.417. The number of carboxylic acids is 1. The summed E-state index contributed by atoms with van der Waals surface area (Å²) in [5, 5.41) is 8.96. The Labute approximate surface area is 108 Å². The number of ether oxygens (including phenoxy) is 2. The topological polar surface area (TPSA) is 55.8 Å². The Morgan fingerprint density at radius 1 is 1.59 bits per heavy atom. The number of aliphatic carboxylic acids is 1. The van der Waals surface area contributed by atoms with Crippen LogP contribution in [0.3, 0.4) is 0 Å². The van der Waals surface area contributed by atoms with Crippen molar-refractivity contribution in [1.29, 1.82) is 0 Å². The highest BCUT2D eigenvalue weighted by Gasteiger charge is 2.21. The molecule has 0 bridgehead atoms. The van der Waals surface area contributed by atoms with Gasteiger partial charge < -0.3 is 14.6 Å². The van der Waals surface area contributed by atoms with E-state index in [2.05, 4.69) is 15.9 Å². The van der Waals surface area contributed by atoms with Gasteiger partial charge in [-0.3, -0.25) is 4.79 Å². The molecule has 0 aliphatic carbocycles. The van der Waals surface area contributed by atoms with Crippen molar-refractivity contribution in [2.24, 2.45) is 5.92 Å². The molecule has 0 saturated carbocycles. The molecule has 1 aromatic rings. The first-order valence-corrected chi connectivity index (χ1v) is 6.12. The number of carbonyl (C=O) groups is 1. The zero-order valence-corrected chi connectivity index (χ0v) is 11.0. The zero-order valence-electron chi connectivity index (χ0n) is 9.40. The van der Waals surface area contributed by atoms with Crippen LogP contribution in [-0.2, 0) is 22.6 Å². The number of rotatable bonds is 3. The average molecular weight is 301 g/mol. The second-order valence-corrected chi connectivity index (χ2v) is 4.91. The van der Waals surface area contributed by atoms with Gasteiger partial charge in [0.25, 0.3) is 0 Å². The van der Waals surface area contributed by atoms with Crippen molar-refractivity contribution >= 4 is 21.9 Å². The summed E-state index contributed by atoms with van der Waals surface area (Å²) < 4.78 is 11.5. The van der Waals surface area contributed by atoms with Gasteiger partial charge in [0.05, 0.1) is 12.5 Å². The van der Waals surface area contributed by atoms with E-state index in [0.29, 0.717) is 13.0 Å². The van der Waals surface area contributed by atoms with Crippen LogP contribution in [0.4, 0.5) is 0 Å². The molecule has 0 saturated heterocycles. The second kappa shape index (κ2) is 5.06. The van der Waals surface area contributed by atoms with Gasteiger partial charge in [0.15, 0.2) is 6.79 Å². The van der Waals surface area contributed by atoms with Gasteiger partial charge in [0.2, 0.25) is 0 Å². The van der Waals surface area contributed by atoms with Crippen LogP contribution in [0.5, 0.6) is 5.75 Å². The Morgan fingerprint density at radius 3 is 3.06 bits per heavy atom. The molecule has 0 radical (unpaired) electrons. The Hall–Kier alpha value is -1.07. The molecule has 92 valence electrons. The van der Waals surface area contributed by atoms with Crippen LogP contribution in [0.25, 0.3) is 0 Å². The monoisotopic (exact) mass is 300 g/mol. The summed E-state index contributed by atoms with van der Waals surface area (Å²) in [5.41, 5.74) is 1.90. The quantitative estimate of drug-likeness (QED) is 0.932. The smallest absolute Gasteiger partial charge is 0.306 e. The Bertz CT molecular complexity index is 444. The lowest BCUT2D eigenvalue weighted by Gasteiger charge is -2.22. The molecule has 1 atom stereocenters. The molecule has 0 amide bonds. The number of fused-ring (bicyclic) bond motifs is 1. The summed E-state index contributed by atoms with van der Waals surface area (Å²) in [6.45, 7) is 2.41. The normalized spacial score (nSPS) is 15.9. The van der Waals surface area contributed by atoms with E-state index in [4.69, 9.17) is 14.6 Å². The molecule has 4 nitrogen and oxygen atoms in total. The highest BCUT2D eigenvalue weighted by atomic mass is 79.9. The number of benzene rings is 1. The first-order chi connectivity index (χ1) is 8.09. The molecule has 17 heavy (non-hydrogen) atoms. The number of hydrogen-bond acceptors (Lipinski definition) is 3. The van der Waals surface area contributed by atoms with Gasteiger partial charge in [-0.25, -0.2) is 0 Å². The maximum atomic E-state index is 10.9. The Kier molecular flexibility index (Phi) is 3.69. The molecule has 1 N–H and O–H groups in total. The molecule has 5 heteroatoms. The zero-order chi connectivity index (χ0) is 12.4. The van der Waals surface area contributed by atoms with Crippen molar-refractivity contribution in [3.05, 3.63) is 27.7 Å². The van der Waals surface area contributed by atoms with Crippen molar-refractivity contribution in [3.8, 4) is 5.75 Å². The summed E-state index contributed by atoms with van der Waals surface area (Å²) in [6, 6.07) is 3.75. The van der Waals surface area contributed by atoms with Crippen LogP contribution in [0.2, 0.25) is 0 Å². The predicted molar refractivity (Wildman–Crippen MR) is 64.9 cm³/mol. The number of hydrogen-bond donors (Lipinski definition) is 1.